The molecule has 0 amide bonds. The molecule has 0 spiro atoms. The maximum absolute atomic E-state index is 13.3. The Hall–Kier alpha value is -0.980. The van der Waals surface area contributed by atoms with Crippen LogP contribution in [0.15, 0.2) is 17.0 Å². The summed E-state index contributed by atoms with van der Waals surface area (Å²) in [6.07, 6.45) is 2.04. The second kappa shape index (κ2) is 6.02. The van der Waals surface area contributed by atoms with E-state index in [1.54, 1.807) is 13.8 Å². The second-order valence-corrected chi connectivity index (χ2v) is 7.99. The van der Waals surface area contributed by atoms with Gasteiger partial charge in [-0.25, -0.2) is 17.5 Å². The highest BCUT2D eigenvalue weighted by atomic mass is 32.2. The highest BCUT2D eigenvalue weighted by Crippen LogP contribution is 2.26. The molecule has 0 aromatic heterocycles. The van der Waals surface area contributed by atoms with E-state index in [0.29, 0.717) is 17.7 Å². The Kier molecular flexibility index (Phi) is 4.70. The van der Waals surface area contributed by atoms with Gasteiger partial charge in [0.2, 0.25) is 10.0 Å². The second-order valence-electron chi connectivity index (χ2n) is 6.28. The van der Waals surface area contributed by atoms with Crippen molar-refractivity contribution in [3.63, 3.8) is 0 Å². The highest BCUT2D eigenvalue weighted by molar-refractivity contribution is 7.89. The van der Waals surface area contributed by atoms with Crippen molar-refractivity contribution in [2.45, 2.75) is 38.5 Å². The van der Waals surface area contributed by atoms with Gasteiger partial charge in [-0.3, -0.25) is 0 Å². The molecule has 0 aliphatic carbocycles. The molecular formula is C15H23FN2O2S. The third kappa shape index (κ3) is 3.81. The van der Waals surface area contributed by atoms with Crippen molar-refractivity contribution in [2.75, 3.05) is 19.6 Å². The number of nitrogens with one attached hydrogen (secondary N) is 2. The van der Waals surface area contributed by atoms with Crippen LogP contribution >= 0.6 is 0 Å². The summed E-state index contributed by atoms with van der Waals surface area (Å²) < 4.78 is 41.0. The van der Waals surface area contributed by atoms with E-state index in [1.807, 2.05) is 0 Å². The summed E-state index contributed by atoms with van der Waals surface area (Å²) in [5.74, 6) is -0.410. The lowest BCUT2D eigenvalue weighted by molar-refractivity contribution is 0.238. The van der Waals surface area contributed by atoms with Crippen LogP contribution in [0.4, 0.5) is 4.39 Å². The lowest BCUT2D eigenvalue weighted by Gasteiger charge is -2.34. The normalized spacial score (nSPS) is 23.2. The molecule has 1 atom stereocenters. The minimum absolute atomic E-state index is 0.0762. The minimum Gasteiger partial charge on any atom is -0.316 e. The predicted molar refractivity (Wildman–Crippen MR) is 81.3 cm³/mol. The molecule has 6 heteroatoms. The first kappa shape index (κ1) is 16.4. The van der Waals surface area contributed by atoms with Crippen LogP contribution in [0.3, 0.4) is 0 Å². The van der Waals surface area contributed by atoms with E-state index in [4.69, 9.17) is 0 Å². The van der Waals surface area contributed by atoms with Gasteiger partial charge in [0.05, 0.1) is 4.90 Å². The average Bonchev–Trinajstić information content (AvgIpc) is 2.36. The van der Waals surface area contributed by atoms with Crippen molar-refractivity contribution in [3.05, 3.63) is 29.1 Å². The fourth-order valence-electron chi connectivity index (χ4n) is 2.93. The van der Waals surface area contributed by atoms with Gasteiger partial charge < -0.3 is 5.32 Å². The summed E-state index contributed by atoms with van der Waals surface area (Å²) in [5, 5.41) is 3.30. The number of aryl methyl sites for hydroxylation is 2. The molecule has 0 saturated carbocycles. The number of halogens is 1. The standard InChI is InChI=1S/C15H23FN2O2S/c1-11-7-13(16)8-12(2)14(11)21(19,20)18-10-15(3)5-4-6-17-9-15/h7-8,17-18H,4-6,9-10H2,1-3H3. The van der Waals surface area contributed by atoms with Crippen LogP contribution in [-0.2, 0) is 10.0 Å². The van der Waals surface area contributed by atoms with Crippen LogP contribution in [0, 0.1) is 25.1 Å². The molecule has 1 aromatic rings. The molecule has 2 rings (SSSR count). The van der Waals surface area contributed by atoms with Gasteiger partial charge in [-0.15, -0.1) is 0 Å². The highest BCUT2D eigenvalue weighted by Gasteiger charge is 2.29. The van der Waals surface area contributed by atoms with Crippen LogP contribution in [0.1, 0.15) is 30.9 Å². The molecule has 1 aromatic carbocycles. The number of rotatable bonds is 4. The number of hydrogen-bond acceptors (Lipinski definition) is 3. The van der Waals surface area contributed by atoms with E-state index < -0.39 is 15.8 Å². The van der Waals surface area contributed by atoms with E-state index in [-0.39, 0.29) is 10.3 Å². The Morgan fingerprint density at radius 3 is 2.48 bits per heavy atom. The van der Waals surface area contributed by atoms with E-state index in [2.05, 4.69) is 17.0 Å². The molecule has 4 nitrogen and oxygen atoms in total. The fraction of sp³-hybridized carbons (Fsp3) is 0.600. The Balaban J connectivity index is 2.19. The lowest BCUT2D eigenvalue weighted by atomic mass is 9.83. The summed E-state index contributed by atoms with van der Waals surface area (Å²) >= 11 is 0. The molecule has 1 saturated heterocycles. The number of benzene rings is 1. The first-order valence-electron chi connectivity index (χ1n) is 7.21. The first-order valence-corrected chi connectivity index (χ1v) is 8.69. The fourth-order valence-corrected chi connectivity index (χ4v) is 4.58. The quantitative estimate of drug-likeness (QED) is 0.895. The molecule has 1 unspecified atom stereocenters. The topological polar surface area (TPSA) is 58.2 Å². The molecule has 1 fully saturated rings. The zero-order valence-corrected chi connectivity index (χ0v) is 13.6. The van der Waals surface area contributed by atoms with Gasteiger partial charge in [0.25, 0.3) is 0 Å². The monoisotopic (exact) mass is 314 g/mol. The Morgan fingerprint density at radius 1 is 1.33 bits per heavy atom. The number of hydrogen-bond donors (Lipinski definition) is 2. The summed E-state index contributed by atoms with van der Waals surface area (Å²) in [5.41, 5.74) is 0.798. The van der Waals surface area contributed by atoms with Crippen molar-refractivity contribution < 1.29 is 12.8 Å². The molecule has 1 aliphatic rings. The van der Waals surface area contributed by atoms with Crippen LogP contribution in [0.2, 0.25) is 0 Å². The van der Waals surface area contributed by atoms with Gasteiger partial charge in [0.15, 0.2) is 0 Å². The molecule has 0 bridgehead atoms. The summed E-state index contributed by atoms with van der Waals surface area (Å²) in [4.78, 5) is 0.191. The summed E-state index contributed by atoms with van der Waals surface area (Å²) in [7, 11) is -3.62. The van der Waals surface area contributed by atoms with Crippen molar-refractivity contribution in [1.82, 2.24) is 10.0 Å². The van der Waals surface area contributed by atoms with Gasteiger partial charge in [0.1, 0.15) is 5.82 Å². The molecule has 1 heterocycles. The van der Waals surface area contributed by atoms with E-state index in [0.717, 1.165) is 25.9 Å². The minimum atomic E-state index is -3.62. The van der Waals surface area contributed by atoms with Gasteiger partial charge in [-0.05, 0) is 61.9 Å². The SMILES string of the molecule is Cc1cc(F)cc(C)c1S(=O)(=O)NCC1(C)CCCNC1. The van der Waals surface area contributed by atoms with Crippen molar-refractivity contribution in [1.29, 1.82) is 0 Å². The zero-order chi connectivity index (χ0) is 15.7. The van der Waals surface area contributed by atoms with E-state index >= 15 is 0 Å². The van der Waals surface area contributed by atoms with Crippen molar-refractivity contribution in [3.8, 4) is 0 Å². The zero-order valence-electron chi connectivity index (χ0n) is 12.8. The van der Waals surface area contributed by atoms with Gasteiger partial charge in [-0.2, -0.15) is 0 Å². The summed E-state index contributed by atoms with van der Waals surface area (Å²) in [6, 6.07) is 2.51. The molecule has 21 heavy (non-hydrogen) atoms. The molecule has 118 valence electrons. The lowest BCUT2D eigenvalue weighted by Crippen LogP contribution is -2.45. The summed E-state index contributed by atoms with van der Waals surface area (Å²) in [6.45, 7) is 7.49. The first-order chi connectivity index (χ1) is 9.73. The molecular weight excluding hydrogens is 291 g/mol. The van der Waals surface area contributed by atoms with E-state index in [9.17, 15) is 12.8 Å². The maximum Gasteiger partial charge on any atom is 0.241 e. The van der Waals surface area contributed by atoms with Crippen LogP contribution in [-0.4, -0.2) is 28.1 Å². The number of sulfonamides is 1. The van der Waals surface area contributed by atoms with Gasteiger partial charge in [-0.1, -0.05) is 6.92 Å². The van der Waals surface area contributed by atoms with Crippen LogP contribution in [0.25, 0.3) is 0 Å². The van der Waals surface area contributed by atoms with E-state index in [1.165, 1.54) is 12.1 Å². The van der Waals surface area contributed by atoms with Gasteiger partial charge in [0, 0.05) is 13.1 Å². The molecule has 2 N–H and O–H groups in total. The number of piperidine rings is 1. The van der Waals surface area contributed by atoms with Crippen LogP contribution < -0.4 is 10.0 Å². The third-order valence-electron chi connectivity index (χ3n) is 4.07. The van der Waals surface area contributed by atoms with Crippen molar-refractivity contribution >= 4 is 10.0 Å². The Bertz CT molecular complexity index is 600. The molecule has 1 aliphatic heterocycles. The largest absolute Gasteiger partial charge is 0.316 e. The Labute approximate surface area is 126 Å². The molecule has 0 radical (unpaired) electrons. The Morgan fingerprint density at radius 2 is 1.95 bits per heavy atom. The smallest absolute Gasteiger partial charge is 0.241 e. The average molecular weight is 314 g/mol. The van der Waals surface area contributed by atoms with Crippen molar-refractivity contribution in [2.24, 2.45) is 5.41 Å². The van der Waals surface area contributed by atoms with Gasteiger partial charge >= 0.3 is 0 Å². The maximum atomic E-state index is 13.3. The predicted octanol–water partition coefficient (Wildman–Crippen LogP) is 2.11. The third-order valence-corrected chi connectivity index (χ3v) is 5.77. The van der Waals surface area contributed by atoms with Crippen LogP contribution in [0.5, 0.6) is 0 Å².